The molecule has 0 spiro atoms. The van der Waals surface area contributed by atoms with Crippen molar-refractivity contribution < 1.29 is 40.3 Å². The number of hydrogen-bond donors (Lipinski definition) is 1. The minimum atomic E-state index is -0.847. The van der Waals surface area contributed by atoms with E-state index < -0.39 is 12.0 Å². The first-order valence-corrected chi connectivity index (χ1v) is 9.50. The van der Waals surface area contributed by atoms with Gasteiger partial charge in [0.05, 0.1) is 12.0 Å². The fraction of sp³-hybridized carbons (Fsp3) is 0.148. The van der Waals surface area contributed by atoms with Gasteiger partial charge < -0.3 is 5.11 Å². The summed E-state index contributed by atoms with van der Waals surface area (Å²) in [4.78, 5) is 12.5. The van der Waals surface area contributed by atoms with Gasteiger partial charge in [-0.05, 0) is 62.5 Å². The van der Waals surface area contributed by atoms with E-state index in [1.165, 1.54) is 12.8 Å². The van der Waals surface area contributed by atoms with E-state index >= 15 is 0 Å². The summed E-state index contributed by atoms with van der Waals surface area (Å²) >= 11 is 0. The second-order valence-electron chi connectivity index (χ2n) is 6.35. The molecule has 2 aromatic carbocycles. The normalized spacial score (nSPS) is 14.2. The van der Waals surface area contributed by atoms with Crippen molar-refractivity contribution in [2.45, 2.75) is 18.9 Å². The van der Waals surface area contributed by atoms with Gasteiger partial charge in [0.2, 0.25) is 0 Å². The number of carbonyl (C=O) groups excluding carboxylic acids is 1. The molecule has 1 N–H and O–H groups in total. The molecule has 8 radical (unpaired) electrons. The van der Waals surface area contributed by atoms with Crippen LogP contribution in [-0.4, -0.2) is 10.9 Å². The number of benzene rings is 2. The number of carbonyl (C=O) groups is 1. The van der Waals surface area contributed by atoms with Crippen molar-refractivity contribution in [3.05, 3.63) is 137 Å². The van der Waals surface area contributed by atoms with Crippen molar-refractivity contribution in [1.82, 2.24) is 0 Å². The van der Waals surface area contributed by atoms with Gasteiger partial charge in [0.15, 0.2) is 0 Å². The fourth-order valence-corrected chi connectivity index (χ4v) is 3.04. The minimum absolute atomic E-state index is 0. The van der Waals surface area contributed by atoms with Crippen LogP contribution in [-0.2, 0) is 35.2 Å². The van der Waals surface area contributed by atoms with Crippen LogP contribution in [0.1, 0.15) is 30.1 Å². The molecule has 1 fully saturated rings. The number of Topliss-reactive ketones (excluding diaryl/α,β-unsaturated/α-hetero) is 1. The van der Waals surface area contributed by atoms with Crippen LogP contribution < -0.4 is 0 Å². The molecule has 1 unspecified atom stereocenters. The van der Waals surface area contributed by atoms with E-state index in [4.69, 9.17) is 9.30 Å². The maximum atomic E-state index is 12.5. The second kappa shape index (κ2) is 21.1. The molecule has 0 aromatic heterocycles. The van der Waals surface area contributed by atoms with Crippen molar-refractivity contribution in [1.29, 1.82) is 0 Å². The summed E-state index contributed by atoms with van der Waals surface area (Å²) in [6.07, 6.45) is 12.1. The Kier molecular flexibility index (Phi) is 21.4. The number of aliphatic hydroxyl groups is 1. The molecule has 0 saturated heterocycles. The first-order chi connectivity index (χ1) is 15.1. The summed E-state index contributed by atoms with van der Waals surface area (Å²) in [7, 11) is 0. The summed E-state index contributed by atoms with van der Waals surface area (Å²) in [6, 6.07) is 19.1. The molecule has 3 rings (SSSR count). The zero-order chi connectivity index (χ0) is 23.5. The van der Waals surface area contributed by atoms with E-state index in [1.807, 2.05) is 99.7 Å². The van der Waals surface area contributed by atoms with Crippen LogP contribution in [0.15, 0.2) is 60.7 Å². The Hall–Kier alpha value is -1.76. The third-order valence-electron chi connectivity index (χ3n) is 4.51. The minimum Gasteiger partial charge on any atom is -0.388 e. The molecule has 1 aliphatic carbocycles. The van der Waals surface area contributed by atoms with Gasteiger partial charge >= 0.3 is 22.6 Å². The van der Waals surface area contributed by atoms with Crippen molar-refractivity contribution in [3.63, 3.8) is 0 Å². The molecular formula is C27H26MoO4. The van der Waals surface area contributed by atoms with E-state index in [-0.39, 0.29) is 32.8 Å². The van der Waals surface area contributed by atoms with E-state index in [9.17, 15) is 9.90 Å². The summed E-state index contributed by atoms with van der Waals surface area (Å²) in [6.45, 7) is 14.6. The van der Waals surface area contributed by atoms with Crippen molar-refractivity contribution >= 4 is 5.78 Å². The molecule has 2 aromatic rings. The van der Waals surface area contributed by atoms with Gasteiger partial charge in [-0.2, -0.15) is 0 Å². The summed E-state index contributed by atoms with van der Waals surface area (Å²) in [5.74, 6) is -0.745. The maximum Gasteiger partial charge on any atom is 0.143 e. The second-order valence-corrected chi connectivity index (χ2v) is 6.35. The Morgan fingerprint density at radius 1 is 0.844 bits per heavy atom. The number of ketones is 1. The molecule has 4 nitrogen and oxygen atoms in total. The number of aliphatic hydroxyl groups excluding tert-OH is 1. The van der Waals surface area contributed by atoms with Crippen molar-refractivity contribution in [2.75, 3.05) is 0 Å². The van der Waals surface area contributed by atoms with Crippen LogP contribution in [0.2, 0.25) is 0 Å². The largest absolute Gasteiger partial charge is 0.388 e. The van der Waals surface area contributed by atoms with Crippen LogP contribution in [0.5, 0.6) is 0 Å². The maximum absolute atomic E-state index is 12.5. The van der Waals surface area contributed by atoms with Gasteiger partial charge in [0, 0.05) is 27.5 Å². The molecule has 32 heavy (non-hydrogen) atoms. The predicted octanol–water partition coefficient (Wildman–Crippen LogP) is 4.90. The molecule has 1 aliphatic rings. The van der Waals surface area contributed by atoms with Gasteiger partial charge in [-0.3, -0.25) is 4.79 Å². The molecular weight excluding hydrogens is 484 g/mol. The molecule has 0 aliphatic heterocycles. The molecule has 1 saturated carbocycles. The van der Waals surface area contributed by atoms with Crippen molar-refractivity contribution in [2.24, 2.45) is 5.92 Å². The Morgan fingerprint density at radius 3 is 1.59 bits per heavy atom. The summed E-state index contributed by atoms with van der Waals surface area (Å²) < 4.78 is 15.0. The molecule has 0 heterocycles. The predicted molar refractivity (Wildman–Crippen MR) is 118 cm³/mol. The zero-order valence-corrected chi connectivity index (χ0v) is 19.8. The van der Waals surface area contributed by atoms with Crippen LogP contribution in [0.4, 0.5) is 0 Å². The van der Waals surface area contributed by atoms with E-state index in [1.54, 1.807) is 0 Å². The molecule has 5 heteroatoms. The van der Waals surface area contributed by atoms with Crippen LogP contribution in [0, 0.1) is 71.1 Å². The number of hydrogen-bond acceptors (Lipinski definition) is 2. The fourth-order valence-electron chi connectivity index (χ4n) is 3.04. The average Bonchev–Trinajstić information content (AvgIpc) is 3.43. The SMILES string of the molecule is [C-]#[O+].[C-]#[O+].[CH2][CH][CH]C(=O)[C@@H](C(O)c1ccccc1)[C@@H](C)c1ccccc1.[CH]1[CH][CH][CH][CH]1.[Mo]. The smallest absolute Gasteiger partial charge is 0.143 e. The molecule has 3 atom stereocenters. The first kappa shape index (κ1) is 32.4. The topological polar surface area (TPSA) is 77.1 Å². The Balaban J connectivity index is 0. The van der Waals surface area contributed by atoms with E-state index in [0.717, 1.165) is 11.1 Å². The molecule has 164 valence electrons. The third kappa shape index (κ3) is 11.7. The van der Waals surface area contributed by atoms with Crippen LogP contribution in [0.3, 0.4) is 0 Å². The van der Waals surface area contributed by atoms with Gasteiger partial charge in [0.25, 0.3) is 0 Å². The van der Waals surface area contributed by atoms with Gasteiger partial charge in [-0.15, -0.1) is 0 Å². The van der Waals surface area contributed by atoms with Crippen LogP contribution >= 0.6 is 0 Å². The average molecular weight is 510 g/mol. The molecule has 0 amide bonds. The third-order valence-corrected chi connectivity index (χ3v) is 4.51. The standard InChI is InChI=1S/C20H21O2.C5H5.2CO.Mo/c1-3-10-18(21)19(15(2)16-11-6-4-7-12-16)20(22)17-13-8-5-9-14-17;1-2-4-5-3-1;2*1-2;/h3-15,19-20,22H,1H2,2H3;1-5H;;;/t15-,19-,20?;;;;/m0..../s1. The molecule has 0 bridgehead atoms. The summed E-state index contributed by atoms with van der Waals surface area (Å²) in [5.41, 5.74) is 1.79. The van der Waals surface area contributed by atoms with Crippen molar-refractivity contribution in [3.8, 4) is 0 Å². The van der Waals surface area contributed by atoms with Gasteiger partial charge in [-0.1, -0.05) is 67.6 Å². The Morgan fingerprint density at radius 2 is 1.22 bits per heavy atom. The monoisotopic (exact) mass is 512 g/mol. The zero-order valence-electron chi connectivity index (χ0n) is 17.8. The first-order valence-electron chi connectivity index (χ1n) is 9.50. The van der Waals surface area contributed by atoms with E-state index in [0.29, 0.717) is 0 Å². The van der Waals surface area contributed by atoms with E-state index in [2.05, 4.69) is 20.2 Å². The quantitative estimate of drug-likeness (QED) is 0.327. The summed E-state index contributed by atoms with van der Waals surface area (Å²) in [5, 5.41) is 10.7. The van der Waals surface area contributed by atoms with Crippen LogP contribution in [0.25, 0.3) is 0 Å². The number of rotatable bonds is 7. The Bertz CT molecular complexity index is 680. The van der Waals surface area contributed by atoms with Gasteiger partial charge in [0.1, 0.15) is 5.78 Å². The Labute approximate surface area is 207 Å². The van der Waals surface area contributed by atoms with Gasteiger partial charge in [-0.25, -0.2) is 0 Å².